The Bertz CT molecular complexity index is 754. The molecule has 0 bridgehead atoms. The molecule has 116 valence electrons. The fourth-order valence-corrected chi connectivity index (χ4v) is 3.92. The Morgan fingerprint density at radius 3 is 2.48 bits per heavy atom. The van der Waals surface area contributed by atoms with Crippen molar-refractivity contribution in [3.05, 3.63) is 70.6 Å². The van der Waals surface area contributed by atoms with Crippen molar-refractivity contribution in [1.29, 1.82) is 0 Å². The number of hydrogen-bond donors (Lipinski definition) is 0. The molecule has 0 radical (unpaired) electrons. The lowest BCUT2D eigenvalue weighted by molar-refractivity contribution is -0.122. The summed E-state index contributed by atoms with van der Waals surface area (Å²) < 4.78 is 0.617. The minimum Gasteiger partial charge on any atom is -0.288 e. The molecule has 1 aliphatic rings. The summed E-state index contributed by atoms with van der Waals surface area (Å²) in [4.78, 5) is 16.1. The number of hydrogen-bond acceptors (Lipinski definition) is 4. The normalized spacial score (nSPS) is 16.4. The molecule has 3 rings (SSSR count). The Morgan fingerprint density at radius 1 is 1.13 bits per heavy atom. The number of thioether (sulfide) groups is 2. The van der Waals surface area contributed by atoms with Gasteiger partial charge in [-0.25, -0.2) is 0 Å². The molecule has 5 heteroatoms. The first-order valence-electron chi connectivity index (χ1n) is 7.11. The summed E-state index contributed by atoms with van der Waals surface area (Å²) in [6.07, 6.45) is 3.96. The maximum absolute atomic E-state index is 12.6. The van der Waals surface area contributed by atoms with Crippen LogP contribution in [0.3, 0.4) is 0 Å². The molecule has 1 heterocycles. The summed E-state index contributed by atoms with van der Waals surface area (Å²) in [5.74, 6) is -0.0159. The standard InChI is InChI=1S/C18H15NOS3/c1-22-15-9-7-13(8-10-15)11-16-17(20)19(18(21)23-16)12-14-5-3-2-4-6-14/h2-11H,12H2,1H3/b16-11+. The highest BCUT2D eigenvalue weighted by atomic mass is 32.2. The monoisotopic (exact) mass is 357 g/mol. The average molecular weight is 358 g/mol. The van der Waals surface area contributed by atoms with Crippen molar-refractivity contribution in [3.63, 3.8) is 0 Å². The Labute approximate surface area is 150 Å². The molecule has 0 N–H and O–H groups in total. The fraction of sp³-hybridized carbons (Fsp3) is 0.111. The van der Waals surface area contributed by atoms with Crippen molar-refractivity contribution in [2.24, 2.45) is 0 Å². The third kappa shape index (κ3) is 3.86. The van der Waals surface area contributed by atoms with Gasteiger partial charge in [-0.1, -0.05) is 66.4 Å². The maximum Gasteiger partial charge on any atom is 0.266 e. The maximum atomic E-state index is 12.6. The Balaban J connectivity index is 1.78. The van der Waals surface area contributed by atoms with E-state index >= 15 is 0 Å². The number of thiocarbonyl (C=S) groups is 1. The Kier molecular flexibility index (Phi) is 5.20. The lowest BCUT2D eigenvalue weighted by Crippen LogP contribution is -2.27. The number of carbonyl (C=O) groups excluding carboxylic acids is 1. The van der Waals surface area contributed by atoms with Gasteiger partial charge >= 0.3 is 0 Å². The predicted molar refractivity (Wildman–Crippen MR) is 103 cm³/mol. The van der Waals surface area contributed by atoms with Crippen LogP contribution in [0.15, 0.2) is 64.4 Å². The van der Waals surface area contributed by atoms with Crippen LogP contribution in [-0.4, -0.2) is 21.4 Å². The van der Waals surface area contributed by atoms with Crippen molar-refractivity contribution in [2.75, 3.05) is 6.26 Å². The van der Waals surface area contributed by atoms with Gasteiger partial charge < -0.3 is 0 Å². The second-order valence-corrected chi connectivity index (χ2v) is 7.58. The van der Waals surface area contributed by atoms with Crippen molar-refractivity contribution >= 4 is 52.0 Å². The van der Waals surface area contributed by atoms with Crippen LogP contribution in [-0.2, 0) is 11.3 Å². The van der Waals surface area contributed by atoms with Crippen LogP contribution in [0.1, 0.15) is 11.1 Å². The number of amides is 1. The van der Waals surface area contributed by atoms with E-state index in [1.807, 2.05) is 54.8 Å². The van der Waals surface area contributed by atoms with Gasteiger partial charge in [0.1, 0.15) is 4.32 Å². The van der Waals surface area contributed by atoms with Crippen LogP contribution in [0.2, 0.25) is 0 Å². The molecule has 0 unspecified atom stereocenters. The summed E-state index contributed by atoms with van der Waals surface area (Å²) in [6, 6.07) is 18.1. The molecule has 0 atom stereocenters. The zero-order valence-corrected chi connectivity index (χ0v) is 15.0. The zero-order chi connectivity index (χ0) is 16.2. The topological polar surface area (TPSA) is 20.3 Å². The smallest absolute Gasteiger partial charge is 0.266 e. The highest BCUT2D eigenvalue weighted by molar-refractivity contribution is 8.26. The van der Waals surface area contributed by atoms with Crippen molar-refractivity contribution in [1.82, 2.24) is 4.90 Å². The van der Waals surface area contributed by atoms with Crippen LogP contribution in [0, 0.1) is 0 Å². The van der Waals surface area contributed by atoms with E-state index < -0.39 is 0 Å². The summed E-state index contributed by atoms with van der Waals surface area (Å²) in [5, 5.41) is 0. The summed E-state index contributed by atoms with van der Waals surface area (Å²) in [6.45, 7) is 0.522. The molecule has 1 saturated heterocycles. The molecule has 2 nitrogen and oxygen atoms in total. The minimum absolute atomic E-state index is 0.0159. The van der Waals surface area contributed by atoms with E-state index in [9.17, 15) is 4.79 Å². The molecule has 1 aliphatic heterocycles. The van der Waals surface area contributed by atoms with Crippen LogP contribution in [0.25, 0.3) is 6.08 Å². The molecule has 2 aromatic carbocycles. The quantitative estimate of drug-likeness (QED) is 0.444. The molecular weight excluding hydrogens is 342 g/mol. The second-order valence-electron chi connectivity index (χ2n) is 5.03. The van der Waals surface area contributed by atoms with Gasteiger partial charge in [0, 0.05) is 4.90 Å². The molecular formula is C18H15NOS3. The highest BCUT2D eigenvalue weighted by Gasteiger charge is 2.31. The first kappa shape index (κ1) is 16.3. The molecule has 1 fully saturated rings. The highest BCUT2D eigenvalue weighted by Crippen LogP contribution is 2.33. The van der Waals surface area contributed by atoms with Gasteiger partial charge in [0.25, 0.3) is 5.91 Å². The second kappa shape index (κ2) is 7.34. The third-order valence-corrected chi connectivity index (χ3v) is 5.59. The van der Waals surface area contributed by atoms with Gasteiger partial charge in [0.15, 0.2) is 0 Å². The van der Waals surface area contributed by atoms with Gasteiger partial charge in [-0.3, -0.25) is 9.69 Å². The van der Waals surface area contributed by atoms with E-state index in [0.717, 1.165) is 11.1 Å². The zero-order valence-electron chi connectivity index (χ0n) is 12.6. The first-order valence-corrected chi connectivity index (χ1v) is 9.55. The SMILES string of the molecule is CSc1ccc(/C=C2/SC(=S)N(Cc3ccccc3)C2=O)cc1. The first-order chi connectivity index (χ1) is 11.2. The minimum atomic E-state index is -0.0159. The van der Waals surface area contributed by atoms with E-state index in [2.05, 4.69) is 12.1 Å². The van der Waals surface area contributed by atoms with Gasteiger partial charge in [0.05, 0.1) is 11.4 Å². The van der Waals surface area contributed by atoms with Crippen LogP contribution in [0.4, 0.5) is 0 Å². The van der Waals surface area contributed by atoms with Gasteiger partial charge in [-0.05, 0) is 35.6 Å². The lowest BCUT2D eigenvalue weighted by atomic mass is 10.2. The van der Waals surface area contributed by atoms with E-state index in [1.54, 1.807) is 16.7 Å². The predicted octanol–water partition coefficient (Wildman–Crippen LogP) is 4.81. The molecule has 0 spiro atoms. The van der Waals surface area contributed by atoms with E-state index in [4.69, 9.17) is 12.2 Å². The van der Waals surface area contributed by atoms with Crippen molar-refractivity contribution in [3.8, 4) is 0 Å². The average Bonchev–Trinajstić information content (AvgIpc) is 2.84. The van der Waals surface area contributed by atoms with E-state index in [0.29, 0.717) is 15.8 Å². The number of nitrogens with zero attached hydrogens (tertiary/aromatic N) is 1. The molecule has 1 amide bonds. The van der Waals surface area contributed by atoms with E-state index in [-0.39, 0.29) is 5.91 Å². The van der Waals surface area contributed by atoms with Crippen LogP contribution < -0.4 is 0 Å². The van der Waals surface area contributed by atoms with Gasteiger partial charge in [0.2, 0.25) is 0 Å². The number of rotatable bonds is 4. The lowest BCUT2D eigenvalue weighted by Gasteiger charge is -2.14. The van der Waals surface area contributed by atoms with Crippen LogP contribution >= 0.6 is 35.7 Å². The Morgan fingerprint density at radius 2 is 1.83 bits per heavy atom. The van der Waals surface area contributed by atoms with E-state index in [1.165, 1.54) is 16.7 Å². The van der Waals surface area contributed by atoms with Crippen LogP contribution in [0.5, 0.6) is 0 Å². The van der Waals surface area contributed by atoms with Gasteiger partial charge in [-0.2, -0.15) is 0 Å². The summed E-state index contributed by atoms with van der Waals surface area (Å²) in [5.41, 5.74) is 2.09. The largest absolute Gasteiger partial charge is 0.288 e. The molecule has 2 aromatic rings. The summed E-state index contributed by atoms with van der Waals surface area (Å²) in [7, 11) is 0. The van der Waals surface area contributed by atoms with Crippen molar-refractivity contribution < 1.29 is 4.79 Å². The molecule has 0 aliphatic carbocycles. The molecule has 23 heavy (non-hydrogen) atoms. The van der Waals surface area contributed by atoms with Crippen molar-refractivity contribution in [2.45, 2.75) is 11.4 Å². The number of benzene rings is 2. The Hall–Kier alpha value is -1.56. The fourth-order valence-electron chi connectivity index (χ4n) is 2.25. The third-order valence-electron chi connectivity index (χ3n) is 3.47. The molecule has 0 aromatic heterocycles. The molecule has 0 saturated carbocycles. The number of carbonyl (C=O) groups is 1. The summed E-state index contributed by atoms with van der Waals surface area (Å²) >= 11 is 8.44. The van der Waals surface area contributed by atoms with Gasteiger partial charge in [-0.15, -0.1) is 11.8 Å².